The van der Waals surface area contributed by atoms with Gasteiger partial charge in [0.05, 0.1) is 13.2 Å². The lowest BCUT2D eigenvalue weighted by atomic mass is 10.7. The fourth-order valence-corrected chi connectivity index (χ4v) is 0. The Balaban J connectivity index is -0.000000131. The molecule has 8 nitrogen and oxygen atoms in total. The summed E-state index contributed by atoms with van der Waals surface area (Å²) in [5.74, 6) is -0.981. The molecule has 0 saturated carbocycles. The highest BCUT2D eigenvalue weighted by Gasteiger charge is 1.84. The molecule has 9 heteroatoms. The Kier molecular flexibility index (Phi) is 16.0. The molecule has 0 aliphatic carbocycles. The predicted molar refractivity (Wildman–Crippen MR) is 46.2 cm³/mol. The second-order valence-electron chi connectivity index (χ2n) is 1.44. The van der Waals surface area contributed by atoms with E-state index in [1.54, 1.807) is 0 Å². The fraction of sp³-hybridized carbons (Fsp3) is 0.400. The lowest BCUT2D eigenvalue weighted by Gasteiger charge is -1.70. The van der Waals surface area contributed by atoms with Gasteiger partial charge in [0.15, 0.2) is 0 Å². The van der Waals surface area contributed by atoms with E-state index in [1.807, 2.05) is 0 Å². The summed E-state index contributed by atoms with van der Waals surface area (Å²) in [5.41, 5.74) is 0. The van der Waals surface area contributed by atoms with Crippen molar-refractivity contribution in [2.24, 2.45) is 0 Å². The van der Waals surface area contributed by atoms with E-state index in [4.69, 9.17) is 32.8 Å². The Hall–Kier alpha value is -1.00. The topological polar surface area (TPSA) is 152 Å². The van der Waals surface area contributed by atoms with Crippen LogP contribution in [0, 0.1) is 0 Å². The summed E-state index contributed by atoms with van der Waals surface area (Å²) in [6.07, 6.45) is 0.833. The molecular weight excluding hydrogens is 220 g/mol. The van der Waals surface area contributed by atoms with Crippen molar-refractivity contribution >= 4 is 16.4 Å². The average Bonchev–Trinajstić information content (AvgIpc) is 2.02. The van der Waals surface area contributed by atoms with Crippen molar-refractivity contribution in [3.8, 4) is 0 Å². The lowest BCUT2D eigenvalue weighted by Crippen LogP contribution is -1.89. The zero-order valence-corrected chi connectivity index (χ0v) is 7.88. The quantitative estimate of drug-likeness (QED) is 0.287. The van der Waals surface area contributed by atoms with Gasteiger partial charge in [-0.15, -0.1) is 0 Å². The summed E-state index contributed by atoms with van der Waals surface area (Å²) in [5, 5.41) is 22.9. The minimum atomic E-state index is -4.67. The number of rotatable bonds is 2. The molecule has 14 heavy (non-hydrogen) atoms. The van der Waals surface area contributed by atoms with Crippen molar-refractivity contribution in [3.63, 3.8) is 0 Å². The van der Waals surface area contributed by atoms with Gasteiger partial charge >= 0.3 is 16.4 Å². The van der Waals surface area contributed by atoms with Gasteiger partial charge in [-0.2, -0.15) is 8.42 Å². The van der Waals surface area contributed by atoms with Crippen LogP contribution in [-0.2, 0) is 15.2 Å². The third-order valence-electron chi connectivity index (χ3n) is 0.275. The first-order valence-electron chi connectivity index (χ1n) is 2.96. The molecule has 0 unspecified atom stereocenters. The molecule has 0 fully saturated rings. The number of hydrogen-bond acceptors (Lipinski definition) is 5. The smallest absolute Gasteiger partial charge is 0.394 e. The van der Waals surface area contributed by atoms with Crippen LogP contribution in [0.25, 0.3) is 0 Å². The molecule has 0 aliphatic rings. The van der Waals surface area contributed by atoms with Gasteiger partial charge in [-0.05, 0) is 0 Å². The van der Waals surface area contributed by atoms with Gasteiger partial charge in [-0.1, -0.05) is 6.58 Å². The van der Waals surface area contributed by atoms with Crippen molar-refractivity contribution in [1.29, 1.82) is 0 Å². The Labute approximate surface area is 80.7 Å². The van der Waals surface area contributed by atoms with Gasteiger partial charge in [-0.25, -0.2) is 4.79 Å². The number of carboxylic acids is 1. The van der Waals surface area contributed by atoms with Gasteiger partial charge in [0.1, 0.15) is 0 Å². The van der Waals surface area contributed by atoms with Crippen LogP contribution in [0.2, 0.25) is 0 Å². The van der Waals surface area contributed by atoms with Gasteiger partial charge in [0, 0.05) is 6.08 Å². The van der Waals surface area contributed by atoms with Crippen LogP contribution in [0.4, 0.5) is 0 Å². The number of carboxylic acid groups (broad SMARTS) is 1. The largest absolute Gasteiger partial charge is 0.478 e. The molecule has 0 aliphatic heterocycles. The average molecular weight is 232 g/mol. The summed E-state index contributed by atoms with van der Waals surface area (Å²) in [6.45, 7) is 2.71. The molecule has 0 atom stereocenters. The molecule has 0 rings (SSSR count). The molecule has 0 saturated heterocycles. The number of aliphatic carboxylic acids is 1. The van der Waals surface area contributed by atoms with Gasteiger partial charge in [0.25, 0.3) is 0 Å². The molecule has 0 heterocycles. The van der Waals surface area contributed by atoms with E-state index in [-0.39, 0.29) is 13.2 Å². The zero-order chi connectivity index (χ0) is 12.2. The maximum Gasteiger partial charge on any atom is 0.394 e. The standard InChI is InChI=1S/C3H4O2.C2H6O2.H2O4S/c1-2-3(4)5;3-1-2-4;1-5(2,3)4/h2H,1H2,(H,4,5);3-4H,1-2H2;(H2,1,2,3,4). The number of carbonyl (C=O) groups is 1. The Bertz CT molecular complexity index is 220. The maximum absolute atomic E-state index is 9.25. The minimum Gasteiger partial charge on any atom is -0.478 e. The van der Waals surface area contributed by atoms with Crippen molar-refractivity contribution < 1.29 is 37.6 Å². The molecule has 5 N–H and O–H groups in total. The Morgan fingerprint density at radius 1 is 1.21 bits per heavy atom. The normalized spacial score (nSPS) is 8.57. The van der Waals surface area contributed by atoms with Crippen LogP contribution < -0.4 is 0 Å². The van der Waals surface area contributed by atoms with Gasteiger partial charge in [-0.3, -0.25) is 9.11 Å². The van der Waals surface area contributed by atoms with Crippen molar-refractivity contribution in [2.75, 3.05) is 13.2 Å². The second kappa shape index (κ2) is 12.0. The molecule has 0 aromatic heterocycles. The molecule has 0 bridgehead atoms. The highest BCUT2D eigenvalue weighted by atomic mass is 32.3. The van der Waals surface area contributed by atoms with E-state index in [9.17, 15) is 4.79 Å². The molecule has 0 radical (unpaired) electrons. The first-order chi connectivity index (χ1) is 6.18. The highest BCUT2D eigenvalue weighted by molar-refractivity contribution is 7.79. The summed E-state index contributed by atoms with van der Waals surface area (Å²) in [6, 6.07) is 0. The SMILES string of the molecule is C=CC(=O)O.O=S(=O)(O)O.OCCO. The summed E-state index contributed by atoms with van der Waals surface area (Å²) < 4.78 is 31.6. The number of aliphatic hydroxyl groups is 2. The number of aliphatic hydroxyl groups excluding tert-OH is 2. The van der Waals surface area contributed by atoms with Crippen LogP contribution in [-0.4, -0.2) is 52.0 Å². The monoisotopic (exact) mass is 232 g/mol. The number of hydrogen-bond donors (Lipinski definition) is 5. The Morgan fingerprint density at radius 2 is 1.36 bits per heavy atom. The fourth-order valence-electron chi connectivity index (χ4n) is 0. The third-order valence-corrected chi connectivity index (χ3v) is 0.275. The summed E-state index contributed by atoms with van der Waals surface area (Å²) in [4.78, 5) is 9.25. The molecule has 0 spiro atoms. The van der Waals surface area contributed by atoms with Gasteiger partial charge < -0.3 is 15.3 Å². The van der Waals surface area contributed by atoms with Crippen LogP contribution in [0.3, 0.4) is 0 Å². The Morgan fingerprint density at radius 3 is 1.36 bits per heavy atom. The van der Waals surface area contributed by atoms with E-state index in [2.05, 4.69) is 6.58 Å². The van der Waals surface area contributed by atoms with E-state index < -0.39 is 16.4 Å². The second-order valence-corrected chi connectivity index (χ2v) is 2.33. The minimum absolute atomic E-state index is 0.125. The van der Waals surface area contributed by atoms with E-state index in [1.165, 1.54) is 0 Å². The van der Waals surface area contributed by atoms with Crippen LogP contribution >= 0.6 is 0 Å². The lowest BCUT2D eigenvalue weighted by molar-refractivity contribution is -0.131. The van der Waals surface area contributed by atoms with Crippen LogP contribution in [0.1, 0.15) is 0 Å². The first-order valence-corrected chi connectivity index (χ1v) is 4.35. The molecule has 0 aromatic rings. The highest BCUT2D eigenvalue weighted by Crippen LogP contribution is 1.59. The summed E-state index contributed by atoms with van der Waals surface area (Å²) in [7, 11) is -4.67. The predicted octanol–water partition coefficient (Wildman–Crippen LogP) is -1.42. The first kappa shape index (κ1) is 18.7. The van der Waals surface area contributed by atoms with E-state index >= 15 is 0 Å². The zero-order valence-electron chi connectivity index (χ0n) is 7.07. The van der Waals surface area contributed by atoms with Crippen LogP contribution in [0.5, 0.6) is 0 Å². The van der Waals surface area contributed by atoms with Crippen molar-refractivity contribution in [3.05, 3.63) is 12.7 Å². The molecule has 0 amide bonds. The molecule has 0 aromatic carbocycles. The van der Waals surface area contributed by atoms with Gasteiger partial charge in [0.2, 0.25) is 0 Å². The third kappa shape index (κ3) is 275. The molecular formula is C5H12O8S. The summed E-state index contributed by atoms with van der Waals surface area (Å²) >= 11 is 0. The molecule has 86 valence electrons. The van der Waals surface area contributed by atoms with E-state index in [0.717, 1.165) is 6.08 Å². The van der Waals surface area contributed by atoms with Crippen LogP contribution in [0.15, 0.2) is 12.7 Å². The van der Waals surface area contributed by atoms with Crippen molar-refractivity contribution in [1.82, 2.24) is 0 Å². The maximum atomic E-state index is 9.25. The van der Waals surface area contributed by atoms with Crippen molar-refractivity contribution in [2.45, 2.75) is 0 Å². The van der Waals surface area contributed by atoms with E-state index in [0.29, 0.717) is 0 Å².